The molecule has 12 heteroatoms. The van der Waals surface area contributed by atoms with Crippen molar-refractivity contribution in [1.82, 2.24) is 9.55 Å². The molecule has 1 N–H and O–H groups in total. The van der Waals surface area contributed by atoms with E-state index < -0.39 is 49.5 Å². The molecule has 1 amide bonds. The van der Waals surface area contributed by atoms with Crippen LogP contribution in [-0.4, -0.2) is 35.8 Å². The SMILES string of the molecule is Cn1cc(S(=O)(=O)CC2(C(F)(F)F)CC2)c(F)c1C(=O)Nc1ccnc(C#N)c1. The monoisotopic (exact) mass is 430 g/mol. The average molecular weight is 430 g/mol. The third-order valence-electron chi connectivity index (χ3n) is 4.69. The van der Waals surface area contributed by atoms with E-state index in [1.807, 2.05) is 0 Å². The van der Waals surface area contributed by atoms with Crippen molar-refractivity contribution in [2.45, 2.75) is 23.9 Å². The van der Waals surface area contributed by atoms with Crippen molar-refractivity contribution < 1.29 is 30.8 Å². The van der Waals surface area contributed by atoms with E-state index in [2.05, 4.69) is 10.3 Å². The van der Waals surface area contributed by atoms with Gasteiger partial charge in [-0.25, -0.2) is 17.8 Å². The Morgan fingerprint density at radius 2 is 2.07 bits per heavy atom. The van der Waals surface area contributed by atoms with E-state index in [1.165, 1.54) is 25.4 Å². The van der Waals surface area contributed by atoms with Crippen LogP contribution in [0.5, 0.6) is 0 Å². The maximum atomic E-state index is 14.8. The van der Waals surface area contributed by atoms with Gasteiger partial charge in [-0.3, -0.25) is 4.79 Å². The van der Waals surface area contributed by atoms with E-state index in [9.17, 15) is 30.8 Å². The first-order chi connectivity index (χ1) is 13.4. The summed E-state index contributed by atoms with van der Waals surface area (Å²) < 4.78 is 79.9. The standard InChI is InChI=1S/C17H14F4N4O3S/c1-25-8-12(29(27,28)9-16(3-4-16)17(19,20)21)13(18)14(25)15(26)24-10-2-5-23-11(6-10)7-22/h2,5-6,8H,3-4,9H2,1H3,(H,23,24,26). The van der Waals surface area contributed by atoms with Gasteiger partial charge in [0.25, 0.3) is 5.91 Å². The van der Waals surface area contributed by atoms with E-state index in [1.54, 1.807) is 6.07 Å². The van der Waals surface area contributed by atoms with Crippen molar-refractivity contribution in [3.63, 3.8) is 0 Å². The predicted molar refractivity (Wildman–Crippen MR) is 92.1 cm³/mol. The third kappa shape index (κ3) is 3.82. The minimum atomic E-state index is -4.72. The van der Waals surface area contributed by atoms with Gasteiger partial charge in [-0.05, 0) is 25.0 Å². The van der Waals surface area contributed by atoms with Gasteiger partial charge in [0.05, 0.1) is 11.2 Å². The van der Waals surface area contributed by atoms with Crippen molar-refractivity contribution in [3.8, 4) is 6.07 Å². The van der Waals surface area contributed by atoms with Crippen molar-refractivity contribution in [1.29, 1.82) is 5.26 Å². The summed E-state index contributed by atoms with van der Waals surface area (Å²) in [5.41, 5.74) is -2.95. The molecule has 1 aliphatic carbocycles. The van der Waals surface area contributed by atoms with Crippen LogP contribution >= 0.6 is 0 Å². The minimum absolute atomic E-state index is 0.0136. The number of nitrogens with one attached hydrogen (secondary N) is 1. The number of carbonyl (C=O) groups is 1. The molecule has 0 radical (unpaired) electrons. The molecule has 1 aliphatic rings. The first-order valence-electron chi connectivity index (χ1n) is 8.22. The Labute approximate surface area is 162 Å². The summed E-state index contributed by atoms with van der Waals surface area (Å²) in [5, 5.41) is 11.1. The number of aromatic nitrogens is 2. The number of halogens is 4. The number of carbonyl (C=O) groups excluding carboxylic acids is 1. The molecule has 0 aliphatic heterocycles. The molecule has 0 unspecified atom stereocenters. The normalized spacial score (nSPS) is 15.6. The molecule has 0 atom stereocenters. The van der Waals surface area contributed by atoms with Gasteiger partial charge in [0.1, 0.15) is 22.4 Å². The number of hydrogen-bond acceptors (Lipinski definition) is 5. The molecule has 29 heavy (non-hydrogen) atoms. The molecule has 0 spiro atoms. The summed E-state index contributed by atoms with van der Waals surface area (Å²) in [6.07, 6.45) is -3.40. The van der Waals surface area contributed by atoms with Crippen LogP contribution in [0.2, 0.25) is 0 Å². The summed E-state index contributed by atoms with van der Waals surface area (Å²) in [5.74, 6) is -3.74. The second-order valence-corrected chi connectivity index (χ2v) is 8.76. The van der Waals surface area contributed by atoms with Gasteiger partial charge >= 0.3 is 6.18 Å². The third-order valence-corrected chi connectivity index (χ3v) is 6.58. The van der Waals surface area contributed by atoms with Gasteiger partial charge in [0.15, 0.2) is 15.7 Å². The Hall–Kier alpha value is -2.94. The number of amides is 1. The van der Waals surface area contributed by atoms with E-state index in [0.717, 1.165) is 10.8 Å². The van der Waals surface area contributed by atoms with Gasteiger partial charge in [0, 0.05) is 25.1 Å². The second-order valence-electron chi connectivity index (χ2n) is 6.80. The highest BCUT2D eigenvalue weighted by Crippen LogP contribution is 2.58. The number of sulfone groups is 1. The van der Waals surface area contributed by atoms with E-state index in [-0.39, 0.29) is 24.2 Å². The lowest BCUT2D eigenvalue weighted by molar-refractivity contribution is -0.180. The molecule has 0 aromatic carbocycles. The largest absolute Gasteiger partial charge is 0.395 e. The first kappa shape index (κ1) is 20.8. The fourth-order valence-corrected chi connectivity index (χ4v) is 4.93. The number of pyridine rings is 1. The molecule has 7 nitrogen and oxygen atoms in total. The minimum Gasteiger partial charge on any atom is -0.343 e. The molecule has 2 aromatic rings. The topological polar surface area (TPSA) is 105 Å². The fraction of sp³-hybridized carbons (Fsp3) is 0.353. The van der Waals surface area contributed by atoms with Crippen LogP contribution < -0.4 is 5.32 Å². The molecule has 1 saturated carbocycles. The van der Waals surface area contributed by atoms with Crippen LogP contribution in [0.3, 0.4) is 0 Å². The summed E-state index contributed by atoms with van der Waals surface area (Å²) in [6, 6.07) is 4.30. The molecule has 3 rings (SSSR count). The van der Waals surface area contributed by atoms with Crippen LogP contribution in [0.15, 0.2) is 29.4 Å². The Kier molecular flexibility index (Phi) is 4.90. The number of nitriles is 1. The molecular formula is C17H14F4N4O3S. The number of hydrogen-bond donors (Lipinski definition) is 1. The van der Waals surface area contributed by atoms with Crippen LogP contribution in [0.1, 0.15) is 29.0 Å². The van der Waals surface area contributed by atoms with E-state index in [4.69, 9.17) is 5.26 Å². The van der Waals surface area contributed by atoms with Crippen molar-refractivity contribution in [3.05, 3.63) is 41.7 Å². The molecular weight excluding hydrogens is 416 g/mol. The summed E-state index contributed by atoms with van der Waals surface area (Å²) in [7, 11) is -3.44. The molecule has 2 aromatic heterocycles. The molecule has 154 valence electrons. The van der Waals surface area contributed by atoms with Crippen LogP contribution in [0.4, 0.5) is 23.2 Å². The van der Waals surface area contributed by atoms with Crippen molar-refractivity contribution >= 4 is 21.4 Å². The van der Waals surface area contributed by atoms with Gasteiger partial charge in [-0.1, -0.05) is 0 Å². The molecule has 0 bridgehead atoms. The van der Waals surface area contributed by atoms with E-state index >= 15 is 0 Å². The lowest BCUT2D eigenvalue weighted by atomic mass is 10.1. The summed E-state index contributed by atoms with van der Waals surface area (Å²) >= 11 is 0. The van der Waals surface area contributed by atoms with Crippen molar-refractivity contribution in [2.75, 3.05) is 11.1 Å². The zero-order chi connectivity index (χ0) is 21.6. The lowest BCUT2D eigenvalue weighted by Gasteiger charge is -2.18. The van der Waals surface area contributed by atoms with Gasteiger partial charge in [-0.15, -0.1) is 0 Å². The number of anilines is 1. The van der Waals surface area contributed by atoms with Gasteiger partial charge in [-0.2, -0.15) is 18.4 Å². The van der Waals surface area contributed by atoms with Gasteiger partial charge in [0.2, 0.25) is 0 Å². The maximum Gasteiger partial charge on any atom is 0.395 e. The maximum absolute atomic E-state index is 14.8. The first-order valence-corrected chi connectivity index (χ1v) is 9.87. The Balaban J connectivity index is 1.90. The molecule has 2 heterocycles. The van der Waals surface area contributed by atoms with Crippen molar-refractivity contribution in [2.24, 2.45) is 12.5 Å². The van der Waals surface area contributed by atoms with Crippen LogP contribution in [0, 0.1) is 22.6 Å². The number of nitrogens with zero attached hydrogens (tertiary/aromatic N) is 3. The average Bonchev–Trinajstić information content (AvgIpc) is 3.33. The molecule has 0 saturated heterocycles. The van der Waals surface area contributed by atoms with E-state index in [0.29, 0.717) is 0 Å². The van der Waals surface area contributed by atoms with Crippen LogP contribution in [-0.2, 0) is 16.9 Å². The smallest absolute Gasteiger partial charge is 0.343 e. The number of alkyl halides is 3. The van der Waals surface area contributed by atoms with Gasteiger partial charge < -0.3 is 9.88 Å². The highest BCUT2D eigenvalue weighted by Gasteiger charge is 2.65. The number of aryl methyl sites for hydroxylation is 1. The second kappa shape index (κ2) is 6.84. The Morgan fingerprint density at radius 3 is 2.62 bits per heavy atom. The highest BCUT2D eigenvalue weighted by molar-refractivity contribution is 7.91. The molecule has 1 fully saturated rings. The quantitative estimate of drug-likeness (QED) is 0.735. The fourth-order valence-electron chi connectivity index (χ4n) is 2.91. The van der Waals surface area contributed by atoms with Crippen LogP contribution in [0.25, 0.3) is 0 Å². The highest BCUT2D eigenvalue weighted by atomic mass is 32.2. The Morgan fingerprint density at radius 1 is 1.41 bits per heavy atom. The summed E-state index contributed by atoms with van der Waals surface area (Å²) in [6.45, 7) is 0. The zero-order valence-electron chi connectivity index (χ0n) is 14.9. The Bertz CT molecular complexity index is 1130. The number of rotatable bonds is 5. The summed E-state index contributed by atoms with van der Waals surface area (Å²) in [4.78, 5) is 15.1. The lowest BCUT2D eigenvalue weighted by Crippen LogP contribution is -2.32. The predicted octanol–water partition coefficient (Wildman–Crippen LogP) is 2.80. The zero-order valence-corrected chi connectivity index (χ0v) is 15.7.